The molecule has 2 aliphatic heterocycles. The molecule has 4 rings (SSSR count). The number of hydrogen-bond acceptors (Lipinski definition) is 7. The Balaban J connectivity index is 0.000000479. The lowest BCUT2D eigenvalue weighted by atomic mass is 9.89. The minimum absolute atomic E-state index is 0.298. The van der Waals surface area contributed by atoms with Gasteiger partial charge in [0.1, 0.15) is 5.76 Å². The van der Waals surface area contributed by atoms with Crippen molar-refractivity contribution in [3.05, 3.63) is 58.7 Å². The minimum Gasteiger partial charge on any atom is -0.497 e. The van der Waals surface area contributed by atoms with Crippen molar-refractivity contribution in [3.8, 4) is 0 Å². The number of aliphatic carboxylic acids is 1. The summed E-state index contributed by atoms with van der Waals surface area (Å²) in [6.45, 7) is 9.77. The van der Waals surface area contributed by atoms with Crippen molar-refractivity contribution in [2.24, 2.45) is 5.73 Å². The van der Waals surface area contributed by atoms with E-state index in [1.807, 2.05) is 6.07 Å². The van der Waals surface area contributed by atoms with E-state index in [1.54, 1.807) is 7.11 Å². The number of carboxylic acids is 1. The maximum atomic E-state index is 10.6. The number of nitrogens with zero attached hydrogens (tertiary/aromatic N) is 2. The highest BCUT2D eigenvalue weighted by atomic mass is 19.4. The molecule has 0 spiro atoms. The zero-order chi connectivity index (χ0) is 27.2. The summed E-state index contributed by atoms with van der Waals surface area (Å²) in [4.78, 5) is 13.7. The number of rotatable bonds is 7. The molecule has 8 nitrogen and oxygen atoms in total. The number of methoxy groups -OCH3 is 1. The van der Waals surface area contributed by atoms with Crippen LogP contribution in [0.4, 0.5) is 18.9 Å². The van der Waals surface area contributed by atoms with Crippen molar-refractivity contribution in [3.63, 3.8) is 0 Å². The third-order valence-electron chi connectivity index (χ3n) is 6.21. The molecule has 1 saturated heterocycles. The molecule has 1 fully saturated rings. The van der Waals surface area contributed by atoms with Crippen LogP contribution in [0.2, 0.25) is 0 Å². The Kier molecular flexibility index (Phi) is 9.50. The van der Waals surface area contributed by atoms with Crippen LogP contribution in [0.3, 0.4) is 0 Å². The first-order valence-corrected chi connectivity index (χ1v) is 12.1. The number of anilines is 1. The van der Waals surface area contributed by atoms with Gasteiger partial charge in [-0.1, -0.05) is 18.2 Å². The number of carboxylic acid groups (broad SMARTS) is 1. The lowest BCUT2D eigenvalue weighted by Crippen LogP contribution is -2.37. The maximum absolute atomic E-state index is 10.6. The van der Waals surface area contributed by atoms with Crippen molar-refractivity contribution < 1.29 is 37.3 Å². The van der Waals surface area contributed by atoms with E-state index < -0.39 is 12.1 Å². The van der Waals surface area contributed by atoms with Crippen LogP contribution in [0.1, 0.15) is 32.3 Å². The smallest absolute Gasteiger partial charge is 0.490 e. The number of morpholine rings is 1. The molecule has 11 heteroatoms. The second kappa shape index (κ2) is 12.4. The second-order valence-corrected chi connectivity index (χ2v) is 9.03. The molecule has 204 valence electrons. The van der Waals surface area contributed by atoms with Crippen LogP contribution in [0.5, 0.6) is 0 Å². The Morgan fingerprint density at radius 1 is 1.22 bits per heavy atom. The van der Waals surface area contributed by atoms with E-state index >= 15 is 0 Å². The van der Waals surface area contributed by atoms with E-state index in [9.17, 15) is 13.2 Å². The first kappa shape index (κ1) is 28.4. The molecular formula is C26H34F3N3O5. The number of hydrogen-bond donors (Lipinski definition) is 2. The van der Waals surface area contributed by atoms with Crippen LogP contribution in [0.25, 0.3) is 5.70 Å². The van der Waals surface area contributed by atoms with Gasteiger partial charge in [-0.25, -0.2) is 4.79 Å². The SMILES string of the molecule is COC1=C(OCCCN2CCOCC2)C=C2C(=C(N)c3ccccc3N2C(C)C)C1.O=C(O)C(F)(F)F. The van der Waals surface area contributed by atoms with Gasteiger partial charge in [-0.15, -0.1) is 0 Å². The summed E-state index contributed by atoms with van der Waals surface area (Å²) in [5, 5.41) is 7.12. The molecule has 0 amide bonds. The van der Waals surface area contributed by atoms with E-state index in [0.29, 0.717) is 19.1 Å². The number of allylic oxidation sites excluding steroid dienone is 3. The first-order chi connectivity index (χ1) is 17.5. The molecule has 0 aromatic heterocycles. The molecule has 0 atom stereocenters. The summed E-state index contributed by atoms with van der Waals surface area (Å²) in [5.74, 6) is -1.10. The van der Waals surface area contributed by atoms with Crippen LogP contribution in [-0.2, 0) is 19.0 Å². The summed E-state index contributed by atoms with van der Waals surface area (Å²) >= 11 is 0. The van der Waals surface area contributed by atoms with E-state index in [2.05, 4.69) is 47.9 Å². The molecule has 2 heterocycles. The standard InChI is InChI=1S/C24H33N3O3.C2HF3O2/c1-17(2)27-20-8-5-4-7-18(20)24(25)19-15-22(28-3)23(16-21(19)27)30-12-6-9-26-10-13-29-14-11-26;3-2(4,5)1(6)7/h4-5,7-8,16-17H,6,9-15,25H2,1-3H3;(H,6,7). The quantitative estimate of drug-likeness (QED) is 0.514. The van der Waals surface area contributed by atoms with Gasteiger partial charge in [-0.2, -0.15) is 13.2 Å². The lowest BCUT2D eigenvalue weighted by molar-refractivity contribution is -0.192. The third-order valence-corrected chi connectivity index (χ3v) is 6.21. The fraction of sp³-hybridized carbons (Fsp3) is 0.500. The summed E-state index contributed by atoms with van der Waals surface area (Å²) < 4.78 is 49.1. The summed E-state index contributed by atoms with van der Waals surface area (Å²) in [5.41, 5.74) is 11.9. The zero-order valence-corrected chi connectivity index (χ0v) is 21.3. The predicted molar refractivity (Wildman–Crippen MR) is 133 cm³/mol. The number of nitrogens with two attached hydrogens (primary N) is 1. The van der Waals surface area contributed by atoms with Gasteiger partial charge in [-0.3, -0.25) is 4.90 Å². The largest absolute Gasteiger partial charge is 0.497 e. The monoisotopic (exact) mass is 525 g/mol. The Labute approximate surface area is 214 Å². The Bertz CT molecular complexity index is 1060. The molecule has 1 aromatic rings. The average Bonchev–Trinajstić information content (AvgIpc) is 2.86. The predicted octanol–water partition coefficient (Wildman–Crippen LogP) is 4.10. The number of para-hydroxylation sites is 1. The van der Waals surface area contributed by atoms with Crippen LogP contribution < -0.4 is 10.6 Å². The fourth-order valence-electron chi connectivity index (χ4n) is 4.43. The minimum atomic E-state index is -5.08. The van der Waals surface area contributed by atoms with Gasteiger partial charge in [0.2, 0.25) is 0 Å². The van der Waals surface area contributed by atoms with Crippen LogP contribution >= 0.6 is 0 Å². The van der Waals surface area contributed by atoms with E-state index in [4.69, 9.17) is 29.8 Å². The molecule has 3 aliphatic rings. The molecular weight excluding hydrogens is 491 g/mol. The highest BCUT2D eigenvalue weighted by Crippen LogP contribution is 2.44. The van der Waals surface area contributed by atoms with Crippen LogP contribution in [-0.4, -0.2) is 74.8 Å². The highest BCUT2D eigenvalue weighted by Gasteiger charge is 2.38. The highest BCUT2D eigenvalue weighted by molar-refractivity contribution is 5.87. The maximum Gasteiger partial charge on any atom is 0.490 e. The molecule has 0 unspecified atom stereocenters. The number of alkyl halides is 3. The molecule has 0 bridgehead atoms. The number of fused-ring (bicyclic) bond motifs is 2. The summed E-state index contributed by atoms with van der Waals surface area (Å²) in [6.07, 6.45) is -1.36. The molecule has 37 heavy (non-hydrogen) atoms. The number of ether oxygens (including phenoxy) is 3. The van der Waals surface area contributed by atoms with Gasteiger partial charge in [0.15, 0.2) is 5.76 Å². The van der Waals surface area contributed by atoms with E-state index in [0.717, 1.165) is 79.0 Å². The van der Waals surface area contributed by atoms with E-state index in [1.165, 1.54) is 0 Å². The second-order valence-electron chi connectivity index (χ2n) is 9.03. The third kappa shape index (κ3) is 6.98. The molecule has 0 saturated carbocycles. The van der Waals surface area contributed by atoms with Gasteiger partial charge in [0.25, 0.3) is 0 Å². The van der Waals surface area contributed by atoms with Crippen molar-refractivity contribution in [1.82, 2.24) is 4.90 Å². The number of carbonyl (C=O) groups is 1. The summed E-state index contributed by atoms with van der Waals surface area (Å²) in [7, 11) is 1.71. The number of halogens is 3. The van der Waals surface area contributed by atoms with Crippen molar-refractivity contribution in [2.75, 3.05) is 51.5 Å². The normalized spacial score (nSPS) is 18.0. The summed E-state index contributed by atoms with van der Waals surface area (Å²) in [6, 6.07) is 8.64. The zero-order valence-electron chi connectivity index (χ0n) is 21.3. The van der Waals surface area contributed by atoms with Crippen molar-refractivity contribution >= 4 is 17.4 Å². The Morgan fingerprint density at radius 2 is 1.86 bits per heavy atom. The fourth-order valence-corrected chi connectivity index (χ4v) is 4.43. The van der Waals surface area contributed by atoms with Gasteiger partial charge >= 0.3 is 12.1 Å². The van der Waals surface area contributed by atoms with Gasteiger partial charge in [0, 0.05) is 55.0 Å². The van der Waals surface area contributed by atoms with Gasteiger partial charge < -0.3 is 30.0 Å². The Hall–Kier alpha value is -3.18. The molecule has 0 radical (unpaired) electrons. The van der Waals surface area contributed by atoms with Gasteiger partial charge in [-0.05, 0) is 26.3 Å². The van der Waals surface area contributed by atoms with E-state index in [-0.39, 0.29) is 0 Å². The molecule has 1 aliphatic carbocycles. The molecule has 3 N–H and O–H groups in total. The first-order valence-electron chi connectivity index (χ1n) is 12.1. The number of benzene rings is 1. The molecule has 1 aromatic carbocycles. The van der Waals surface area contributed by atoms with Crippen molar-refractivity contribution in [2.45, 2.75) is 38.9 Å². The average molecular weight is 526 g/mol. The Morgan fingerprint density at radius 3 is 2.46 bits per heavy atom. The van der Waals surface area contributed by atoms with Crippen molar-refractivity contribution in [1.29, 1.82) is 0 Å². The lowest BCUT2D eigenvalue weighted by Gasteiger charge is -2.40. The topological polar surface area (TPSA) is 97.5 Å². The van der Waals surface area contributed by atoms with Crippen LogP contribution in [0, 0.1) is 0 Å². The van der Waals surface area contributed by atoms with Crippen LogP contribution in [0.15, 0.2) is 53.1 Å². The van der Waals surface area contributed by atoms with Gasteiger partial charge in [0.05, 0.1) is 38.3 Å².